The summed E-state index contributed by atoms with van der Waals surface area (Å²) in [4.78, 5) is 22.9. The number of carbonyl (C=O) groups is 2. The zero-order chi connectivity index (χ0) is 17.3. The van der Waals surface area contributed by atoms with Gasteiger partial charge in [-0.1, -0.05) is 39.2 Å². The zero-order valence-corrected chi connectivity index (χ0v) is 15.0. The first kappa shape index (κ1) is 21.7. The van der Waals surface area contributed by atoms with Gasteiger partial charge in [-0.3, -0.25) is 9.59 Å². The number of halogens is 1. The van der Waals surface area contributed by atoms with Crippen LogP contribution < -0.4 is 5.32 Å². The minimum atomic E-state index is -0.987. The van der Waals surface area contributed by atoms with E-state index in [2.05, 4.69) is 29.8 Å². The molecule has 1 N–H and O–H groups in total. The van der Waals surface area contributed by atoms with Crippen molar-refractivity contribution in [2.75, 3.05) is 19.7 Å². The maximum Gasteiger partial charge on any atom is 0.251 e. The van der Waals surface area contributed by atoms with Gasteiger partial charge in [-0.25, -0.2) is 0 Å². The summed E-state index contributed by atoms with van der Waals surface area (Å²) < 4.78 is 15.4. The van der Waals surface area contributed by atoms with Crippen LogP contribution in [-0.4, -0.2) is 36.9 Å². The lowest BCUT2D eigenvalue weighted by molar-refractivity contribution is -0.123. The van der Waals surface area contributed by atoms with Crippen LogP contribution >= 0.6 is 9.12 Å². The van der Waals surface area contributed by atoms with E-state index in [9.17, 15) is 13.8 Å². The van der Waals surface area contributed by atoms with Gasteiger partial charge in [0.05, 0.1) is 6.61 Å². The number of nitrogens with zero attached hydrogens (tertiary/aromatic N) is 1. The van der Waals surface area contributed by atoms with Crippen LogP contribution in [0.3, 0.4) is 0 Å². The Hall–Kier alpha value is -1.26. The molecule has 1 heterocycles. The summed E-state index contributed by atoms with van der Waals surface area (Å²) in [5, 5.41) is 2.32. The van der Waals surface area contributed by atoms with Gasteiger partial charge in [-0.05, 0) is 18.9 Å². The maximum absolute atomic E-state index is 11.5. The Bertz CT molecular complexity index is 390. The summed E-state index contributed by atoms with van der Waals surface area (Å²) in [6, 6.07) is 0. The first-order valence-electron chi connectivity index (χ1n) is 8.05. The van der Waals surface area contributed by atoms with Crippen LogP contribution in [0.4, 0.5) is 4.20 Å². The Morgan fingerprint density at radius 3 is 2.70 bits per heavy atom. The molecule has 0 aliphatic carbocycles. The highest BCUT2D eigenvalue weighted by molar-refractivity contribution is 7.25. The van der Waals surface area contributed by atoms with Crippen LogP contribution in [0, 0.1) is 0 Å². The van der Waals surface area contributed by atoms with Crippen LogP contribution in [0.2, 0.25) is 0 Å². The zero-order valence-electron chi connectivity index (χ0n) is 14.0. The molecule has 0 aromatic carbocycles. The second kappa shape index (κ2) is 15.6. The maximum atomic E-state index is 11.5. The molecule has 1 aliphatic rings. The number of amides is 2. The van der Waals surface area contributed by atoms with Gasteiger partial charge in [0, 0.05) is 24.9 Å². The Labute approximate surface area is 140 Å². The molecule has 0 radical (unpaired) electrons. The molecule has 23 heavy (non-hydrogen) atoms. The molecule has 0 saturated heterocycles. The number of unbranched alkanes of at least 4 members (excludes halogenated alkanes) is 3. The lowest BCUT2D eigenvalue weighted by Gasteiger charge is -2.17. The largest absolute Gasteiger partial charge is 0.356 e. The van der Waals surface area contributed by atoms with Crippen molar-refractivity contribution >= 4 is 21.4 Å². The molecule has 2 amide bonds. The monoisotopic (exact) mass is 346 g/mol. The van der Waals surface area contributed by atoms with Gasteiger partial charge in [0.2, 0.25) is 15.5 Å². The van der Waals surface area contributed by atoms with E-state index < -0.39 is 9.12 Å². The molecule has 5 nitrogen and oxygen atoms in total. The van der Waals surface area contributed by atoms with E-state index in [1.165, 1.54) is 19.3 Å². The topological polar surface area (TPSA) is 58.6 Å². The Kier molecular flexibility index (Phi) is 14.8. The van der Waals surface area contributed by atoms with Crippen LogP contribution in [0.5, 0.6) is 0 Å². The van der Waals surface area contributed by atoms with Gasteiger partial charge in [0.1, 0.15) is 0 Å². The minimum absolute atomic E-state index is 0.145. The van der Waals surface area contributed by atoms with Crippen molar-refractivity contribution in [3.05, 3.63) is 23.9 Å². The molecule has 0 saturated carbocycles. The fourth-order valence-electron chi connectivity index (χ4n) is 1.99. The molecule has 0 bridgehead atoms. The molecule has 1 aliphatic heterocycles. The van der Waals surface area contributed by atoms with Crippen molar-refractivity contribution in [3.63, 3.8) is 0 Å². The van der Waals surface area contributed by atoms with Gasteiger partial charge < -0.3 is 14.7 Å². The van der Waals surface area contributed by atoms with E-state index in [0.29, 0.717) is 13.0 Å². The van der Waals surface area contributed by atoms with E-state index in [0.717, 1.165) is 25.1 Å². The molecule has 7 heteroatoms. The molecule has 1 unspecified atom stereocenters. The molecular formula is C16H28FN2O3P. The molecule has 132 valence electrons. The second-order valence-electron chi connectivity index (χ2n) is 4.92. The lowest BCUT2D eigenvalue weighted by atomic mass is 10.2. The van der Waals surface area contributed by atoms with E-state index in [1.807, 2.05) is 11.0 Å². The number of nitrogens with one attached hydrogen (secondary N) is 1. The predicted molar refractivity (Wildman–Crippen MR) is 92.8 cm³/mol. The van der Waals surface area contributed by atoms with Crippen molar-refractivity contribution in [3.8, 4) is 0 Å². The minimum Gasteiger partial charge on any atom is -0.356 e. The molecular weight excluding hydrogens is 318 g/mol. The van der Waals surface area contributed by atoms with E-state index in [4.69, 9.17) is 0 Å². The number of rotatable bonds is 11. The van der Waals surface area contributed by atoms with Crippen molar-refractivity contribution in [1.29, 1.82) is 0 Å². The standard InChI is InChI=1S/C13H21NO.C3H7FNO2P/c1-3-5-6-7-11-14-12(8-4-2)9-10-13(14)15;4-8-7-2-1-5-3-6/h8-10H,3-7,11H2,1-2H3;3,8H,1-2H2,(H,5,6)/b12-8-;. The summed E-state index contributed by atoms with van der Waals surface area (Å²) in [5.74, 6) is 0.145. The molecule has 0 aromatic heterocycles. The van der Waals surface area contributed by atoms with Crippen LogP contribution in [-0.2, 0) is 14.1 Å². The SMILES string of the molecule is CC/C=C1/C=CC(=O)N1CCCCCC.O=CNCCOPF. The lowest BCUT2D eigenvalue weighted by Crippen LogP contribution is -2.25. The molecule has 1 rings (SSSR count). The third kappa shape index (κ3) is 11.0. The summed E-state index contributed by atoms with van der Waals surface area (Å²) in [7, 11) is -0.987. The van der Waals surface area contributed by atoms with E-state index in [-0.39, 0.29) is 12.5 Å². The van der Waals surface area contributed by atoms with Gasteiger partial charge in [0.15, 0.2) is 0 Å². The normalized spacial score (nSPS) is 15.3. The van der Waals surface area contributed by atoms with Crippen molar-refractivity contribution in [2.45, 2.75) is 46.0 Å². The quantitative estimate of drug-likeness (QED) is 0.354. The summed E-state index contributed by atoms with van der Waals surface area (Å²) in [6.45, 7) is 5.79. The third-order valence-electron chi connectivity index (χ3n) is 3.11. The Morgan fingerprint density at radius 2 is 2.09 bits per heavy atom. The van der Waals surface area contributed by atoms with Gasteiger partial charge >= 0.3 is 0 Å². The molecule has 0 aromatic rings. The highest BCUT2D eigenvalue weighted by Gasteiger charge is 2.18. The van der Waals surface area contributed by atoms with Crippen LogP contribution in [0.1, 0.15) is 46.0 Å². The van der Waals surface area contributed by atoms with Gasteiger partial charge in [0.25, 0.3) is 5.91 Å². The summed E-state index contributed by atoms with van der Waals surface area (Å²) >= 11 is 0. The number of carbonyl (C=O) groups excluding carboxylic acids is 2. The number of hydrogen-bond donors (Lipinski definition) is 1. The predicted octanol–water partition coefficient (Wildman–Crippen LogP) is 3.49. The van der Waals surface area contributed by atoms with Crippen molar-refractivity contribution < 1.29 is 18.3 Å². The average Bonchev–Trinajstić information content (AvgIpc) is 2.90. The molecule has 0 fully saturated rings. The Morgan fingerprint density at radius 1 is 1.30 bits per heavy atom. The van der Waals surface area contributed by atoms with Gasteiger partial charge in [-0.2, -0.15) is 4.20 Å². The molecule has 0 spiro atoms. The van der Waals surface area contributed by atoms with E-state index in [1.54, 1.807) is 6.08 Å². The molecule has 1 atom stereocenters. The smallest absolute Gasteiger partial charge is 0.251 e. The number of allylic oxidation sites excluding steroid dienone is 2. The van der Waals surface area contributed by atoms with Crippen molar-refractivity contribution in [1.82, 2.24) is 10.2 Å². The Balaban J connectivity index is 0.000000515. The summed E-state index contributed by atoms with van der Waals surface area (Å²) in [5.41, 5.74) is 1.08. The van der Waals surface area contributed by atoms with Crippen LogP contribution in [0.15, 0.2) is 23.9 Å². The fourth-order valence-corrected chi connectivity index (χ4v) is 2.17. The third-order valence-corrected chi connectivity index (χ3v) is 3.42. The first-order valence-corrected chi connectivity index (χ1v) is 8.84. The van der Waals surface area contributed by atoms with E-state index >= 15 is 0 Å². The summed E-state index contributed by atoms with van der Waals surface area (Å²) in [6.07, 6.45) is 12.1. The fraction of sp³-hybridized carbons (Fsp3) is 0.625. The highest BCUT2D eigenvalue weighted by atomic mass is 31.1. The van der Waals surface area contributed by atoms with Crippen LogP contribution in [0.25, 0.3) is 0 Å². The van der Waals surface area contributed by atoms with Gasteiger partial charge in [-0.15, -0.1) is 0 Å². The highest BCUT2D eigenvalue weighted by Crippen LogP contribution is 2.17. The average molecular weight is 346 g/mol. The second-order valence-corrected chi connectivity index (χ2v) is 5.36. The van der Waals surface area contributed by atoms with Crippen molar-refractivity contribution in [2.24, 2.45) is 0 Å². The number of hydrogen-bond acceptors (Lipinski definition) is 3. The first-order chi connectivity index (χ1) is 11.2.